The monoisotopic (exact) mass is 946 g/mol. The first-order chi connectivity index (χ1) is 32.6. The molecule has 2 heterocycles. The highest BCUT2D eigenvalue weighted by Crippen LogP contribution is 2.37. The van der Waals surface area contributed by atoms with Crippen molar-refractivity contribution in [3.8, 4) is 12.1 Å². The van der Waals surface area contributed by atoms with Crippen molar-refractivity contribution >= 4 is 65.4 Å². The van der Waals surface area contributed by atoms with Gasteiger partial charge in [0, 0.05) is 26.9 Å². The summed E-state index contributed by atoms with van der Waals surface area (Å²) < 4.78 is 71.7. The van der Waals surface area contributed by atoms with E-state index in [0.717, 1.165) is 35.4 Å². The van der Waals surface area contributed by atoms with Crippen LogP contribution < -0.4 is 8.83 Å². The van der Waals surface area contributed by atoms with Crippen LogP contribution in [0.2, 0.25) is 0 Å². The van der Waals surface area contributed by atoms with Gasteiger partial charge in [-0.25, -0.2) is 19.6 Å². The molecule has 8 rings (SSSR count). The molecule has 2 aromatic heterocycles. The average molecular weight is 947 g/mol. The van der Waals surface area contributed by atoms with E-state index < -0.39 is 36.9 Å². The highest BCUT2D eigenvalue weighted by Gasteiger charge is 2.40. The molecule has 0 saturated heterocycles. The van der Waals surface area contributed by atoms with E-state index in [1.165, 1.54) is 48.5 Å². The number of aromatic carboxylic acids is 1. The van der Waals surface area contributed by atoms with E-state index in [9.17, 15) is 25.2 Å². The predicted octanol–water partition coefficient (Wildman–Crippen LogP) is 7.65. The molecule has 0 aliphatic rings. The minimum atomic E-state index is -4.98. The minimum absolute atomic E-state index is 0.0689. The van der Waals surface area contributed by atoms with E-state index in [1.54, 1.807) is 43.3 Å². The number of rotatable bonds is 16. The van der Waals surface area contributed by atoms with Gasteiger partial charge in [0.2, 0.25) is 0 Å². The molecule has 0 spiro atoms. The molecule has 0 bridgehead atoms. The summed E-state index contributed by atoms with van der Waals surface area (Å²) in [7, 11) is -6.30. The Morgan fingerprint density at radius 1 is 0.588 bits per heavy atom. The van der Waals surface area contributed by atoms with Gasteiger partial charge in [0.25, 0.3) is 20.0 Å². The Hall–Kier alpha value is -8.32. The molecule has 0 aliphatic heterocycles. The Kier molecular flexibility index (Phi) is 12.8. The van der Waals surface area contributed by atoms with Crippen LogP contribution in [0.15, 0.2) is 143 Å². The molecule has 0 aliphatic carbocycles. The lowest BCUT2D eigenvalue weighted by Gasteiger charge is -2.36. The summed E-state index contributed by atoms with van der Waals surface area (Å²) >= 11 is 0. The number of imidazole rings is 2. The summed E-state index contributed by atoms with van der Waals surface area (Å²) in [5.41, 5.74) is 4.59. The fourth-order valence-corrected chi connectivity index (χ4v) is 11.0. The second-order valence-corrected chi connectivity index (χ2v) is 19.2. The third kappa shape index (κ3) is 9.10. The number of nitrogens with zero attached hydrogens (tertiary/aromatic N) is 8. The Morgan fingerprint density at radius 2 is 0.985 bits per heavy atom. The molecule has 1 N–H and O–H groups in total. The molecule has 6 aromatic carbocycles. The quantitative estimate of drug-likeness (QED) is 0.0729. The summed E-state index contributed by atoms with van der Waals surface area (Å²) in [4.78, 5) is 33.5. The predicted molar refractivity (Wildman–Crippen MR) is 254 cm³/mol. The van der Waals surface area contributed by atoms with Crippen molar-refractivity contribution in [1.29, 1.82) is 10.5 Å². The lowest BCUT2D eigenvalue weighted by molar-refractivity contribution is 0.0525. The van der Waals surface area contributed by atoms with Gasteiger partial charge in [-0.3, -0.25) is 0 Å². The molecule has 0 radical (unpaired) electrons. The van der Waals surface area contributed by atoms with E-state index >= 15 is 16.8 Å². The number of carboxylic acids is 1. The summed E-state index contributed by atoms with van der Waals surface area (Å²) in [6.45, 7) is 1.72. The van der Waals surface area contributed by atoms with Crippen molar-refractivity contribution in [3.05, 3.63) is 178 Å². The van der Waals surface area contributed by atoms with Crippen LogP contribution in [0.5, 0.6) is 0 Å². The van der Waals surface area contributed by atoms with E-state index in [0.29, 0.717) is 79.4 Å². The topological polar surface area (TPSA) is 222 Å². The van der Waals surface area contributed by atoms with Gasteiger partial charge in [-0.2, -0.15) is 36.2 Å². The van der Waals surface area contributed by atoms with Gasteiger partial charge >= 0.3 is 11.9 Å². The molecule has 0 saturated carbocycles. The second-order valence-electron chi connectivity index (χ2n) is 15.7. The fourth-order valence-electron chi connectivity index (χ4n) is 7.79. The summed E-state index contributed by atoms with van der Waals surface area (Å²) in [6.07, 6.45) is 2.12. The number of fused-ring (bicyclic) bond motifs is 2. The van der Waals surface area contributed by atoms with Crippen molar-refractivity contribution in [2.75, 3.05) is 15.4 Å². The number of sulfonamides is 2. The van der Waals surface area contributed by atoms with Gasteiger partial charge in [-0.15, -0.1) is 0 Å². The van der Waals surface area contributed by atoms with Crippen LogP contribution in [-0.4, -0.2) is 59.6 Å². The van der Waals surface area contributed by atoms with Crippen LogP contribution >= 0.6 is 0 Å². The van der Waals surface area contributed by atoms with Gasteiger partial charge in [0.15, 0.2) is 0 Å². The van der Waals surface area contributed by atoms with Gasteiger partial charge in [0.05, 0.1) is 84.2 Å². The molecule has 68 heavy (non-hydrogen) atoms. The molecule has 0 unspecified atom stereocenters. The van der Waals surface area contributed by atoms with Crippen LogP contribution in [0.4, 0.5) is 11.4 Å². The number of nitriles is 2. The van der Waals surface area contributed by atoms with Gasteiger partial charge in [-0.05, 0) is 140 Å². The highest BCUT2D eigenvalue weighted by molar-refractivity contribution is 7.97. The van der Waals surface area contributed by atoms with Gasteiger partial charge < -0.3 is 19.0 Å². The van der Waals surface area contributed by atoms with Crippen LogP contribution in [0.3, 0.4) is 0 Å². The third-order valence-electron chi connectivity index (χ3n) is 11.5. The number of aromatic nitrogens is 4. The Labute approximate surface area is 392 Å². The third-order valence-corrected chi connectivity index (χ3v) is 15.0. The van der Waals surface area contributed by atoms with E-state index in [4.69, 9.17) is 14.7 Å². The number of hydrazine groups is 1. The number of ether oxygens (including phenoxy) is 1. The molecule has 8 aromatic rings. The normalized spacial score (nSPS) is 11.5. The van der Waals surface area contributed by atoms with E-state index in [1.807, 2.05) is 47.5 Å². The number of benzene rings is 6. The molecule has 0 amide bonds. The zero-order valence-electron chi connectivity index (χ0n) is 36.9. The standard InChI is InChI=1S/C50H42N8O8S2/c1-4-66-50(61)38-17-23-42(24-18-38)68(64,65)58(40-20-26-46-44(30-40)54-48(56(46)3)28-14-34-7-11-36(32-52)12-8-34)57(67(62,63)41-21-15-37(16-22-41)49(59)60)39-19-25-45-43(29-39)53-47(55(45)2)27-13-33-5-9-35(31-51)10-6-33/h5-12,15-26,29-30H,4,13-14,27-28H2,1-3H3,(H,59,60). The molecule has 18 heteroatoms. The number of carbonyl (C=O) groups excluding carboxylic acids is 1. The maximum absolute atomic E-state index is 15.4. The van der Waals surface area contributed by atoms with Crippen LogP contribution in [0.25, 0.3) is 22.1 Å². The largest absolute Gasteiger partial charge is 0.478 e. The molecule has 342 valence electrons. The summed E-state index contributed by atoms with van der Waals surface area (Å²) in [5.74, 6) is -0.666. The number of carboxylic acid groups (broad SMARTS) is 1. The van der Waals surface area contributed by atoms with Crippen molar-refractivity contribution in [3.63, 3.8) is 0 Å². The van der Waals surface area contributed by atoms with Crippen molar-refractivity contribution in [1.82, 2.24) is 19.1 Å². The van der Waals surface area contributed by atoms with Crippen LogP contribution in [-0.2, 0) is 64.6 Å². The maximum Gasteiger partial charge on any atom is 0.338 e. The van der Waals surface area contributed by atoms with Crippen LogP contribution in [0, 0.1) is 22.7 Å². The van der Waals surface area contributed by atoms with E-state index in [-0.39, 0.29) is 34.0 Å². The molecule has 0 atom stereocenters. The minimum Gasteiger partial charge on any atom is -0.478 e. The van der Waals surface area contributed by atoms with Crippen LogP contribution in [0.1, 0.15) is 61.5 Å². The first-order valence-corrected chi connectivity index (χ1v) is 24.1. The first kappa shape index (κ1) is 46.2. The molecule has 16 nitrogen and oxygen atoms in total. The van der Waals surface area contributed by atoms with Crippen molar-refractivity contribution in [2.45, 2.75) is 42.4 Å². The smallest absolute Gasteiger partial charge is 0.338 e. The van der Waals surface area contributed by atoms with E-state index in [2.05, 4.69) is 12.1 Å². The number of hydrogen-bond acceptors (Lipinski definition) is 11. The first-order valence-electron chi connectivity index (χ1n) is 21.2. The second kappa shape index (κ2) is 18.9. The van der Waals surface area contributed by atoms with Gasteiger partial charge in [-0.1, -0.05) is 24.3 Å². The molecular weight excluding hydrogens is 905 g/mol. The lowest BCUT2D eigenvalue weighted by atomic mass is 10.1. The number of hydrogen-bond donors (Lipinski definition) is 1. The maximum atomic E-state index is 15.4. The Balaban J connectivity index is 1.29. The number of carbonyl (C=O) groups is 2. The highest BCUT2D eigenvalue weighted by atomic mass is 32.2. The average Bonchev–Trinajstić information content (AvgIpc) is 3.84. The number of esters is 1. The fraction of sp³-hybridized carbons (Fsp3) is 0.160. The Morgan fingerprint density at radius 3 is 1.35 bits per heavy atom. The summed E-state index contributed by atoms with van der Waals surface area (Å²) in [5, 5.41) is 28.1. The number of anilines is 2. The zero-order chi connectivity index (χ0) is 48.3. The molecule has 0 fully saturated rings. The number of aryl methyl sites for hydroxylation is 6. The SMILES string of the molecule is CCOC(=O)c1ccc(S(=O)(=O)N(c2ccc3c(c2)nc(CCc2ccc(C#N)cc2)n3C)N(c2ccc3c(c2)nc(CCc2ccc(C#N)cc2)n3C)S(=O)(=O)c2ccc(C(=O)O)cc2)cc1. The summed E-state index contributed by atoms with van der Waals surface area (Å²) in [6, 6.07) is 37.1. The van der Waals surface area contributed by atoms with Crippen molar-refractivity contribution < 1.29 is 36.3 Å². The Bertz CT molecular complexity index is 3540. The van der Waals surface area contributed by atoms with Crippen molar-refractivity contribution in [2.24, 2.45) is 14.1 Å². The van der Waals surface area contributed by atoms with Gasteiger partial charge in [0.1, 0.15) is 11.6 Å². The molecular formula is C50H42N8O8S2. The zero-order valence-corrected chi connectivity index (χ0v) is 38.6. The lowest BCUT2D eigenvalue weighted by Crippen LogP contribution is -2.50.